The summed E-state index contributed by atoms with van der Waals surface area (Å²) < 4.78 is 30.1. The maximum absolute atomic E-state index is 11.8. The maximum atomic E-state index is 11.8. The monoisotopic (exact) mass is 336 g/mol. The van der Waals surface area contributed by atoms with E-state index in [9.17, 15) is 23.3 Å². The molecule has 0 amide bonds. The number of carbonyl (C=O) groups excluding carboxylic acids is 1. The summed E-state index contributed by atoms with van der Waals surface area (Å²) in [6.45, 7) is 0. The van der Waals surface area contributed by atoms with Gasteiger partial charge in [-0.25, -0.2) is 8.42 Å². The predicted octanol–water partition coefficient (Wildman–Crippen LogP) is 1.94. The molecule has 0 unspecified atom stereocenters. The maximum Gasteiger partial charge on any atom is 0.305 e. The number of anilines is 1. The predicted molar refractivity (Wildman–Crippen MR) is 76.8 cm³/mol. The average Bonchev–Trinajstić information content (AvgIpc) is 2.37. The van der Waals surface area contributed by atoms with Crippen molar-refractivity contribution in [2.24, 2.45) is 0 Å². The molecule has 10 heteroatoms. The van der Waals surface area contributed by atoms with Gasteiger partial charge in [-0.05, 0) is 18.6 Å². The number of benzene rings is 1. The lowest BCUT2D eigenvalue weighted by molar-refractivity contribution is -0.383. The lowest BCUT2D eigenvalue weighted by Gasteiger charge is -2.08. The number of nitro benzene ring substituents is 1. The Morgan fingerprint density at radius 2 is 2.14 bits per heavy atom. The van der Waals surface area contributed by atoms with Crippen molar-refractivity contribution in [3.8, 4) is 0 Å². The van der Waals surface area contributed by atoms with Crippen LogP contribution in [0.3, 0.4) is 0 Å². The Hall–Kier alpha value is -1.87. The number of hydrogen-bond donors (Lipinski definition) is 1. The number of nitro groups is 1. The fraction of sp³-hybridized carbons (Fsp3) is 0.364. The lowest BCUT2D eigenvalue weighted by Crippen LogP contribution is -2.18. The molecule has 0 bridgehead atoms. The number of halogens is 1. The van der Waals surface area contributed by atoms with Gasteiger partial charge in [0.05, 0.1) is 17.8 Å². The molecule has 21 heavy (non-hydrogen) atoms. The number of carbonyl (C=O) groups is 1. The van der Waals surface area contributed by atoms with E-state index in [4.69, 9.17) is 11.6 Å². The number of sulfonamides is 1. The van der Waals surface area contributed by atoms with Gasteiger partial charge in [-0.1, -0.05) is 11.6 Å². The Balaban J connectivity index is 2.82. The van der Waals surface area contributed by atoms with Gasteiger partial charge in [0.25, 0.3) is 5.69 Å². The van der Waals surface area contributed by atoms with Gasteiger partial charge in [-0.2, -0.15) is 0 Å². The summed E-state index contributed by atoms with van der Waals surface area (Å²) in [5.41, 5.74) is -0.624. The Morgan fingerprint density at radius 1 is 1.48 bits per heavy atom. The minimum Gasteiger partial charge on any atom is -0.469 e. The fourth-order valence-electron chi connectivity index (χ4n) is 1.48. The number of ether oxygens (including phenoxy) is 1. The van der Waals surface area contributed by atoms with Gasteiger partial charge in [-0.3, -0.25) is 19.6 Å². The highest BCUT2D eigenvalue weighted by Crippen LogP contribution is 2.28. The summed E-state index contributed by atoms with van der Waals surface area (Å²) in [6.07, 6.45) is -0.0224. The van der Waals surface area contributed by atoms with Gasteiger partial charge in [0.1, 0.15) is 5.69 Å². The van der Waals surface area contributed by atoms with Crippen LogP contribution in [0.25, 0.3) is 0 Å². The van der Waals surface area contributed by atoms with Gasteiger partial charge in [0.2, 0.25) is 10.0 Å². The van der Waals surface area contributed by atoms with Crippen LogP contribution in [-0.2, 0) is 19.6 Å². The van der Waals surface area contributed by atoms with E-state index < -0.39 is 26.6 Å². The van der Waals surface area contributed by atoms with E-state index in [1.807, 2.05) is 0 Å². The number of rotatable bonds is 7. The van der Waals surface area contributed by atoms with Gasteiger partial charge < -0.3 is 4.74 Å². The summed E-state index contributed by atoms with van der Waals surface area (Å²) in [5, 5.41) is 11.0. The van der Waals surface area contributed by atoms with Crippen LogP contribution in [0.15, 0.2) is 18.2 Å². The van der Waals surface area contributed by atoms with Gasteiger partial charge >= 0.3 is 5.97 Å². The minimum absolute atomic E-state index is 0.0381. The van der Waals surface area contributed by atoms with E-state index in [0.29, 0.717) is 0 Å². The number of nitrogens with one attached hydrogen (secondary N) is 1. The smallest absolute Gasteiger partial charge is 0.305 e. The second-order valence-electron chi connectivity index (χ2n) is 4.02. The lowest BCUT2D eigenvalue weighted by atomic mass is 10.3. The molecule has 0 aliphatic heterocycles. The quantitative estimate of drug-likeness (QED) is 0.462. The van der Waals surface area contributed by atoms with E-state index in [1.54, 1.807) is 0 Å². The zero-order valence-corrected chi connectivity index (χ0v) is 12.6. The zero-order valence-electron chi connectivity index (χ0n) is 11.0. The van der Waals surface area contributed by atoms with Crippen molar-refractivity contribution in [2.75, 3.05) is 17.6 Å². The zero-order chi connectivity index (χ0) is 16.0. The first-order chi connectivity index (χ1) is 9.75. The van der Waals surface area contributed by atoms with E-state index in [2.05, 4.69) is 9.46 Å². The molecule has 0 atom stereocenters. The first-order valence-electron chi connectivity index (χ1n) is 5.76. The van der Waals surface area contributed by atoms with Crippen molar-refractivity contribution in [2.45, 2.75) is 12.8 Å². The van der Waals surface area contributed by atoms with Crippen molar-refractivity contribution >= 4 is 39.0 Å². The Labute approximate surface area is 126 Å². The molecule has 1 aromatic carbocycles. The third-order valence-electron chi connectivity index (χ3n) is 2.44. The molecule has 0 saturated carbocycles. The standard InChI is InChI=1S/C11H13ClN2O6S/c1-20-11(15)3-2-6-21(18,19)13-9-7-8(12)4-5-10(9)14(16)17/h4-5,7,13H,2-3,6H2,1H3. The summed E-state index contributed by atoms with van der Waals surface area (Å²) in [4.78, 5) is 21.0. The number of methoxy groups -OCH3 is 1. The molecule has 1 aromatic rings. The summed E-state index contributed by atoms with van der Waals surface area (Å²) in [6, 6.07) is 3.54. The van der Waals surface area contributed by atoms with Crippen molar-refractivity contribution in [1.82, 2.24) is 0 Å². The SMILES string of the molecule is COC(=O)CCCS(=O)(=O)Nc1cc(Cl)ccc1[N+](=O)[O-]. The van der Waals surface area contributed by atoms with Crippen LogP contribution in [0, 0.1) is 10.1 Å². The molecular weight excluding hydrogens is 324 g/mol. The molecule has 0 aromatic heterocycles. The molecule has 116 valence electrons. The number of nitrogens with zero attached hydrogens (tertiary/aromatic N) is 1. The highest BCUT2D eigenvalue weighted by Gasteiger charge is 2.19. The molecule has 1 N–H and O–H groups in total. The molecule has 8 nitrogen and oxygen atoms in total. The van der Waals surface area contributed by atoms with Crippen LogP contribution in [-0.4, -0.2) is 32.2 Å². The van der Waals surface area contributed by atoms with Crippen molar-refractivity contribution in [3.63, 3.8) is 0 Å². The Kier molecular flexibility index (Phi) is 5.91. The minimum atomic E-state index is -3.83. The first-order valence-corrected chi connectivity index (χ1v) is 7.79. The van der Waals surface area contributed by atoms with Gasteiger partial charge in [0, 0.05) is 17.5 Å². The van der Waals surface area contributed by atoms with E-state index >= 15 is 0 Å². The molecular formula is C11H13ClN2O6S. The molecule has 0 heterocycles. The van der Waals surface area contributed by atoms with Crippen LogP contribution in [0.5, 0.6) is 0 Å². The molecule has 0 radical (unpaired) electrons. The molecule has 1 rings (SSSR count). The number of hydrogen-bond acceptors (Lipinski definition) is 6. The molecule has 0 spiro atoms. The molecule has 0 aliphatic carbocycles. The summed E-state index contributed by atoms with van der Waals surface area (Å²) >= 11 is 5.70. The van der Waals surface area contributed by atoms with E-state index in [0.717, 1.165) is 12.1 Å². The topological polar surface area (TPSA) is 116 Å². The third kappa shape index (κ3) is 5.56. The molecule has 0 aliphatic rings. The third-order valence-corrected chi connectivity index (χ3v) is 4.03. The second kappa shape index (κ2) is 7.23. The van der Waals surface area contributed by atoms with Crippen LogP contribution < -0.4 is 4.72 Å². The normalized spacial score (nSPS) is 11.0. The highest BCUT2D eigenvalue weighted by molar-refractivity contribution is 7.92. The second-order valence-corrected chi connectivity index (χ2v) is 6.30. The fourth-order valence-corrected chi connectivity index (χ4v) is 2.77. The van der Waals surface area contributed by atoms with Gasteiger partial charge in [-0.15, -0.1) is 0 Å². The molecule has 0 saturated heterocycles. The van der Waals surface area contributed by atoms with Crippen LogP contribution in [0.2, 0.25) is 5.02 Å². The van der Waals surface area contributed by atoms with E-state index in [1.165, 1.54) is 13.2 Å². The average molecular weight is 337 g/mol. The van der Waals surface area contributed by atoms with Crippen LogP contribution in [0.1, 0.15) is 12.8 Å². The first kappa shape index (κ1) is 17.2. The highest BCUT2D eigenvalue weighted by atomic mass is 35.5. The Morgan fingerprint density at radius 3 is 2.71 bits per heavy atom. The van der Waals surface area contributed by atoms with Crippen LogP contribution in [0.4, 0.5) is 11.4 Å². The number of esters is 1. The van der Waals surface area contributed by atoms with Crippen molar-refractivity contribution in [1.29, 1.82) is 0 Å². The largest absolute Gasteiger partial charge is 0.469 e. The Bertz CT molecular complexity index is 646. The molecule has 0 fully saturated rings. The van der Waals surface area contributed by atoms with Crippen LogP contribution >= 0.6 is 11.6 Å². The van der Waals surface area contributed by atoms with Crippen molar-refractivity contribution in [3.05, 3.63) is 33.3 Å². The van der Waals surface area contributed by atoms with Crippen molar-refractivity contribution < 1.29 is 22.9 Å². The van der Waals surface area contributed by atoms with Gasteiger partial charge in [0.15, 0.2) is 0 Å². The van der Waals surface area contributed by atoms with E-state index in [-0.39, 0.29) is 29.3 Å². The summed E-state index contributed by atoms with van der Waals surface area (Å²) in [7, 11) is -2.63. The summed E-state index contributed by atoms with van der Waals surface area (Å²) in [5.74, 6) is -0.898.